The molecule has 0 spiro atoms. The number of aryl methyl sites for hydroxylation is 1. The third-order valence-corrected chi connectivity index (χ3v) is 2.63. The van der Waals surface area contributed by atoms with Crippen LogP contribution in [0.5, 0.6) is 0 Å². The van der Waals surface area contributed by atoms with Gasteiger partial charge in [-0.2, -0.15) is 0 Å². The van der Waals surface area contributed by atoms with Crippen molar-refractivity contribution in [2.75, 3.05) is 0 Å². The van der Waals surface area contributed by atoms with E-state index in [1.54, 1.807) is 0 Å². The topological polar surface area (TPSA) is 37.8 Å². The van der Waals surface area contributed by atoms with E-state index in [2.05, 4.69) is 63.8 Å². The Labute approximate surface area is 111 Å². The van der Waals surface area contributed by atoms with Gasteiger partial charge in [0.05, 0.1) is 0 Å². The van der Waals surface area contributed by atoms with Gasteiger partial charge in [0.15, 0.2) is 0 Å². The number of nitrogens with zero attached hydrogens (tertiary/aromatic N) is 2. The summed E-state index contributed by atoms with van der Waals surface area (Å²) in [5.74, 6) is 0.944. The Morgan fingerprint density at radius 3 is 2.17 bits per heavy atom. The summed E-state index contributed by atoms with van der Waals surface area (Å²) in [7, 11) is 0. The fourth-order valence-corrected chi connectivity index (χ4v) is 1.63. The summed E-state index contributed by atoms with van der Waals surface area (Å²) in [5, 5.41) is 3.47. The first-order chi connectivity index (χ1) is 8.07. The summed E-state index contributed by atoms with van der Waals surface area (Å²) >= 11 is 0. The molecule has 102 valence electrons. The third kappa shape index (κ3) is 5.58. The Morgan fingerprint density at radius 1 is 1.11 bits per heavy atom. The van der Waals surface area contributed by atoms with E-state index in [-0.39, 0.29) is 11.0 Å². The highest BCUT2D eigenvalue weighted by molar-refractivity contribution is 5.16. The van der Waals surface area contributed by atoms with Crippen LogP contribution in [0.4, 0.5) is 0 Å². The van der Waals surface area contributed by atoms with E-state index in [4.69, 9.17) is 0 Å². The van der Waals surface area contributed by atoms with Crippen molar-refractivity contribution >= 4 is 0 Å². The maximum atomic E-state index is 4.61. The predicted octanol–water partition coefficient (Wildman–Crippen LogP) is 3.26. The molecule has 1 rings (SSSR count). The lowest BCUT2D eigenvalue weighted by atomic mass is 9.92. The molecule has 1 heterocycles. The van der Waals surface area contributed by atoms with Gasteiger partial charge in [0, 0.05) is 36.0 Å². The number of rotatable bonds is 3. The fourth-order valence-electron chi connectivity index (χ4n) is 1.63. The van der Waals surface area contributed by atoms with Gasteiger partial charge < -0.3 is 5.32 Å². The third-order valence-electron chi connectivity index (χ3n) is 2.63. The first-order valence-electron chi connectivity index (χ1n) is 6.63. The van der Waals surface area contributed by atoms with Gasteiger partial charge in [-0.25, -0.2) is 9.97 Å². The minimum Gasteiger partial charge on any atom is -0.308 e. The molecule has 0 saturated carbocycles. The molecule has 0 fully saturated rings. The lowest BCUT2D eigenvalue weighted by Crippen LogP contribution is -2.35. The number of nitrogens with one attached hydrogen (secondary N) is 1. The summed E-state index contributed by atoms with van der Waals surface area (Å²) in [6.07, 6.45) is 2.88. The molecule has 0 saturated heterocycles. The molecule has 18 heavy (non-hydrogen) atoms. The molecule has 0 aromatic carbocycles. The number of aromatic nitrogens is 2. The molecule has 0 aliphatic rings. The maximum absolute atomic E-state index is 4.61. The van der Waals surface area contributed by atoms with E-state index in [1.807, 2.05) is 6.20 Å². The summed E-state index contributed by atoms with van der Waals surface area (Å²) in [5.41, 5.74) is 2.62. The van der Waals surface area contributed by atoms with Gasteiger partial charge >= 0.3 is 0 Å². The van der Waals surface area contributed by atoms with E-state index in [0.717, 1.165) is 24.5 Å². The lowest BCUT2D eigenvalue weighted by molar-refractivity contribution is 0.399. The Kier molecular flexibility index (Phi) is 4.49. The average Bonchev–Trinajstić information content (AvgIpc) is 2.12. The molecule has 0 aliphatic heterocycles. The largest absolute Gasteiger partial charge is 0.308 e. The Morgan fingerprint density at radius 2 is 1.72 bits per heavy atom. The van der Waals surface area contributed by atoms with Crippen molar-refractivity contribution in [1.29, 1.82) is 0 Å². The lowest BCUT2D eigenvalue weighted by Gasteiger charge is -2.21. The second kappa shape index (κ2) is 5.35. The standard InChI is InChI=1S/C15H27N3/c1-11-12(10-17-15(5,6)7)9-16-13(18-11)8-14(2,3)4/h9,17H,8,10H2,1-7H3. The van der Waals surface area contributed by atoms with Crippen LogP contribution in [0.25, 0.3) is 0 Å². The van der Waals surface area contributed by atoms with Crippen molar-refractivity contribution in [3.8, 4) is 0 Å². The molecule has 0 amide bonds. The van der Waals surface area contributed by atoms with Gasteiger partial charge in [-0.15, -0.1) is 0 Å². The first kappa shape index (κ1) is 15.1. The van der Waals surface area contributed by atoms with Crippen LogP contribution in [0.3, 0.4) is 0 Å². The Bertz CT molecular complexity index is 397. The molecule has 0 aliphatic carbocycles. The molecular weight excluding hydrogens is 222 g/mol. The molecule has 1 N–H and O–H groups in total. The van der Waals surface area contributed by atoms with E-state index < -0.39 is 0 Å². The zero-order chi connectivity index (χ0) is 14.0. The van der Waals surface area contributed by atoms with Crippen molar-refractivity contribution in [2.45, 2.75) is 67.0 Å². The van der Waals surface area contributed by atoms with Crippen LogP contribution in [0.1, 0.15) is 58.6 Å². The Hall–Kier alpha value is -0.960. The van der Waals surface area contributed by atoms with Gasteiger partial charge in [-0.3, -0.25) is 0 Å². The van der Waals surface area contributed by atoms with Gasteiger partial charge in [-0.1, -0.05) is 20.8 Å². The summed E-state index contributed by atoms with van der Waals surface area (Å²) < 4.78 is 0. The summed E-state index contributed by atoms with van der Waals surface area (Å²) in [4.78, 5) is 9.08. The minimum absolute atomic E-state index is 0.122. The monoisotopic (exact) mass is 249 g/mol. The highest BCUT2D eigenvalue weighted by Gasteiger charge is 2.15. The van der Waals surface area contributed by atoms with Crippen LogP contribution in [-0.2, 0) is 13.0 Å². The second-order valence-electron chi connectivity index (χ2n) is 7.24. The van der Waals surface area contributed by atoms with Crippen LogP contribution < -0.4 is 5.32 Å². The normalized spacial score (nSPS) is 12.8. The predicted molar refractivity (Wildman–Crippen MR) is 76.5 cm³/mol. The van der Waals surface area contributed by atoms with Crippen LogP contribution in [0.2, 0.25) is 0 Å². The molecule has 1 aromatic rings. The fraction of sp³-hybridized carbons (Fsp3) is 0.733. The van der Waals surface area contributed by atoms with E-state index in [0.29, 0.717) is 0 Å². The van der Waals surface area contributed by atoms with Gasteiger partial charge in [0.1, 0.15) is 5.82 Å². The molecule has 3 nitrogen and oxygen atoms in total. The van der Waals surface area contributed by atoms with Crippen molar-refractivity contribution < 1.29 is 0 Å². The minimum atomic E-state index is 0.122. The Balaban J connectivity index is 2.74. The maximum Gasteiger partial charge on any atom is 0.129 e. The highest BCUT2D eigenvalue weighted by Crippen LogP contribution is 2.18. The highest BCUT2D eigenvalue weighted by atomic mass is 15.0. The SMILES string of the molecule is Cc1nc(CC(C)(C)C)ncc1CNC(C)(C)C. The molecule has 1 aromatic heterocycles. The first-order valence-corrected chi connectivity index (χ1v) is 6.63. The molecule has 0 bridgehead atoms. The van der Waals surface area contributed by atoms with Crippen molar-refractivity contribution in [3.63, 3.8) is 0 Å². The van der Waals surface area contributed by atoms with Crippen molar-refractivity contribution in [1.82, 2.24) is 15.3 Å². The second-order valence-corrected chi connectivity index (χ2v) is 7.24. The summed E-state index contributed by atoms with van der Waals surface area (Å²) in [6.45, 7) is 16.0. The molecule has 0 unspecified atom stereocenters. The van der Waals surface area contributed by atoms with Crippen LogP contribution in [0.15, 0.2) is 6.20 Å². The molecule has 3 heteroatoms. The quantitative estimate of drug-likeness (QED) is 0.893. The zero-order valence-corrected chi connectivity index (χ0v) is 12.9. The van der Waals surface area contributed by atoms with E-state index in [1.165, 1.54) is 5.56 Å². The number of hydrogen-bond donors (Lipinski definition) is 1. The van der Waals surface area contributed by atoms with Gasteiger partial charge in [0.25, 0.3) is 0 Å². The van der Waals surface area contributed by atoms with Crippen molar-refractivity contribution in [2.24, 2.45) is 5.41 Å². The van der Waals surface area contributed by atoms with Gasteiger partial charge in [0.2, 0.25) is 0 Å². The van der Waals surface area contributed by atoms with Gasteiger partial charge in [-0.05, 0) is 33.1 Å². The van der Waals surface area contributed by atoms with E-state index >= 15 is 0 Å². The average molecular weight is 249 g/mol. The van der Waals surface area contributed by atoms with Crippen LogP contribution in [0, 0.1) is 12.3 Å². The van der Waals surface area contributed by atoms with Crippen LogP contribution in [-0.4, -0.2) is 15.5 Å². The van der Waals surface area contributed by atoms with Crippen LogP contribution >= 0.6 is 0 Å². The smallest absolute Gasteiger partial charge is 0.129 e. The molecule has 0 radical (unpaired) electrons. The zero-order valence-electron chi connectivity index (χ0n) is 12.9. The molecular formula is C15H27N3. The molecule has 0 atom stereocenters. The van der Waals surface area contributed by atoms with Crippen molar-refractivity contribution in [3.05, 3.63) is 23.3 Å². The van der Waals surface area contributed by atoms with E-state index in [9.17, 15) is 0 Å². The number of hydrogen-bond acceptors (Lipinski definition) is 3. The summed E-state index contributed by atoms with van der Waals surface area (Å²) in [6, 6.07) is 0.